The summed E-state index contributed by atoms with van der Waals surface area (Å²) in [7, 11) is 0. The second kappa shape index (κ2) is 26.1. The summed E-state index contributed by atoms with van der Waals surface area (Å²) < 4.78 is 11.3. The van der Waals surface area contributed by atoms with E-state index in [9.17, 15) is 9.59 Å². The van der Waals surface area contributed by atoms with E-state index in [1.54, 1.807) is 6.07 Å². The average Bonchev–Trinajstić information content (AvgIpc) is 2.96. The number of hydrogen-bond acceptors (Lipinski definition) is 4. The van der Waals surface area contributed by atoms with Crippen molar-refractivity contribution in [2.24, 2.45) is 0 Å². The second-order valence-corrected chi connectivity index (χ2v) is 11.6. The highest BCUT2D eigenvalue weighted by molar-refractivity contribution is 6.04. The van der Waals surface area contributed by atoms with Crippen molar-refractivity contribution in [1.29, 1.82) is 0 Å². The van der Waals surface area contributed by atoms with E-state index < -0.39 is 5.97 Å². The molecule has 1 aromatic rings. The molecule has 1 aromatic carbocycles. The zero-order valence-electron chi connectivity index (χ0n) is 26.5. The van der Waals surface area contributed by atoms with Gasteiger partial charge in [-0.15, -0.1) is 0 Å². The van der Waals surface area contributed by atoms with Gasteiger partial charge < -0.3 is 9.47 Å². The molecule has 0 bridgehead atoms. The Morgan fingerprint density at radius 3 is 1.38 bits per heavy atom. The number of ether oxygens (including phenoxy) is 2. The zero-order valence-corrected chi connectivity index (χ0v) is 26.5. The molecule has 1 rings (SSSR count). The lowest BCUT2D eigenvalue weighted by atomic mass is 9.96. The molecule has 0 aromatic heterocycles. The van der Waals surface area contributed by atoms with Crippen molar-refractivity contribution < 1.29 is 19.1 Å². The maximum Gasteiger partial charge on any atom is 0.339 e. The van der Waals surface area contributed by atoms with Crippen molar-refractivity contribution in [3.63, 3.8) is 0 Å². The molecule has 0 N–H and O–H groups in total. The van der Waals surface area contributed by atoms with Crippen molar-refractivity contribution in [2.75, 3.05) is 13.2 Å². The maximum absolute atomic E-state index is 13.2. The van der Waals surface area contributed by atoms with Gasteiger partial charge in [-0.25, -0.2) is 9.59 Å². The second-order valence-electron chi connectivity index (χ2n) is 11.6. The molecular formula is C36H62O4. The van der Waals surface area contributed by atoms with E-state index >= 15 is 0 Å². The van der Waals surface area contributed by atoms with Gasteiger partial charge in [0, 0.05) is 0 Å². The van der Waals surface area contributed by atoms with Gasteiger partial charge in [-0.05, 0) is 37.3 Å². The lowest BCUT2D eigenvalue weighted by Crippen LogP contribution is -2.17. The first-order chi connectivity index (χ1) is 19.7. The van der Waals surface area contributed by atoms with E-state index in [2.05, 4.69) is 20.8 Å². The quantitative estimate of drug-likeness (QED) is 0.0796. The molecule has 0 aliphatic heterocycles. The fourth-order valence-electron chi connectivity index (χ4n) is 5.27. The monoisotopic (exact) mass is 558 g/mol. The van der Waals surface area contributed by atoms with Crippen LogP contribution in [-0.4, -0.2) is 25.2 Å². The topological polar surface area (TPSA) is 52.6 Å². The summed E-state index contributed by atoms with van der Waals surface area (Å²) >= 11 is 0. The number of esters is 2. The molecule has 0 atom stereocenters. The molecular weight excluding hydrogens is 496 g/mol. The van der Waals surface area contributed by atoms with Gasteiger partial charge in [-0.1, -0.05) is 155 Å². The number of rotatable bonds is 27. The summed E-state index contributed by atoms with van der Waals surface area (Å²) in [6.45, 7) is 7.50. The Kier molecular flexibility index (Phi) is 23.6. The molecule has 230 valence electrons. The summed E-state index contributed by atoms with van der Waals surface area (Å²) in [5, 5.41) is 0. The van der Waals surface area contributed by atoms with Crippen LogP contribution in [0.15, 0.2) is 18.2 Å². The van der Waals surface area contributed by atoms with Gasteiger partial charge >= 0.3 is 11.9 Å². The Morgan fingerprint density at radius 2 is 0.900 bits per heavy atom. The predicted molar refractivity (Wildman–Crippen MR) is 169 cm³/mol. The molecule has 4 heteroatoms. The Bertz CT molecular complexity index is 757. The van der Waals surface area contributed by atoms with Crippen molar-refractivity contribution in [2.45, 2.75) is 168 Å². The maximum atomic E-state index is 13.2. The molecule has 0 saturated carbocycles. The smallest absolute Gasteiger partial charge is 0.339 e. The lowest BCUT2D eigenvalue weighted by Gasteiger charge is -2.14. The van der Waals surface area contributed by atoms with Crippen LogP contribution >= 0.6 is 0 Å². The third-order valence-electron chi connectivity index (χ3n) is 7.84. The van der Waals surface area contributed by atoms with Crippen LogP contribution in [0, 0.1) is 0 Å². The number of benzene rings is 1. The first-order valence-corrected chi connectivity index (χ1v) is 17.1. The van der Waals surface area contributed by atoms with Crippen molar-refractivity contribution >= 4 is 11.9 Å². The summed E-state index contributed by atoms with van der Waals surface area (Å²) in [6.07, 6.45) is 27.2. The zero-order chi connectivity index (χ0) is 29.1. The summed E-state index contributed by atoms with van der Waals surface area (Å²) in [5.41, 5.74) is 1.70. The van der Waals surface area contributed by atoms with Crippen LogP contribution in [0.1, 0.15) is 188 Å². The highest BCUT2D eigenvalue weighted by Gasteiger charge is 2.23. The normalized spacial score (nSPS) is 11.1. The lowest BCUT2D eigenvalue weighted by molar-refractivity contribution is 0.0449. The van der Waals surface area contributed by atoms with Crippen LogP contribution in [0.2, 0.25) is 0 Å². The van der Waals surface area contributed by atoms with Crippen LogP contribution in [-0.2, 0) is 15.9 Å². The van der Waals surface area contributed by atoms with Crippen molar-refractivity contribution in [3.8, 4) is 0 Å². The van der Waals surface area contributed by atoms with Crippen LogP contribution in [0.4, 0.5) is 0 Å². The van der Waals surface area contributed by atoms with Crippen LogP contribution < -0.4 is 0 Å². The largest absolute Gasteiger partial charge is 0.462 e. The standard InChI is InChI=1S/C36H62O4/c1-4-7-10-13-16-17-18-19-22-24-30-39-35(37)33-29-26-28-32(27-23-20-14-11-8-5-2)34(33)36(38)40-31-25-21-15-12-9-6-3/h26,28-29H,4-25,27,30-31H2,1-3H3. The number of unbranched alkanes of at least 4 members (excludes halogenated alkanes) is 19. The average molecular weight is 559 g/mol. The van der Waals surface area contributed by atoms with Crippen molar-refractivity contribution in [1.82, 2.24) is 0 Å². The van der Waals surface area contributed by atoms with E-state index in [4.69, 9.17) is 9.47 Å². The van der Waals surface area contributed by atoms with Gasteiger partial charge in [0.05, 0.1) is 24.3 Å². The fraction of sp³-hybridized carbons (Fsp3) is 0.778. The first-order valence-electron chi connectivity index (χ1n) is 17.1. The van der Waals surface area contributed by atoms with Gasteiger partial charge in [0.2, 0.25) is 0 Å². The summed E-state index contributed by atoms with van der Waals surface area (Å²) in [5.74, 6) is -0.770. The Hall–Kier alpha value is -1.84. The minimum Gasteiger partial charge on any atom is -0.462 e. The molecule has 0 aliphatic carbocycles. The Labute approximate surface area is 247 Å². The minimum atomic E-state index is -0.396. The number of carbonyl (C=O) groups is 2. The minimum absolute atomic E-state index is 0.364. The predicted octanol–water partition coefficient (Wildman–Crippen LogP) is 11.2. The van der Waals surface area contributed by atoms with Crippen LogP contribution in [0.5, 0.6) is 0 Å². The van der Waals surface area contributed by atoms with E-state index in [-0.39, 0.29) is 5.97 Å². The molecule has 0 spiro atoms. The van der Waals surface area contributed by atoms with E-state index in [1.807, 2.05) is 12.1 Å². The molecule has 0 saturated heterocycles. The van der Waals surface area contributed by atoms with Gasteiger partial charge in [0.25, 0.3) is 0 Å². The molecule has 0 aliphatic rings. The summed E-state index contributed by atoms with van der Waals surface area (Å²) in [6, 6.07) is 5.59. The highest BCUT2D eigenvalue weighted by Crippen LogP contribution is 2.21. The van der Waals surface area contributed by atoms with E-state index in [0.717, 1.165) is 50.5 Å². The highest BCUT2D eigenvalue weighted by atomic mass is 16.5. The molecule has 0 fully saturated rings. The number of hydrogen-bond donors (Lipinski definition) is 0. The van der Waals surface area contributed by atoms with Crippen LogP contribution in [0.3, 0.4) is 0 Å². The van der Waals surface area contributed by atoms with Gasteiger partial charge in [0.1, 0.15) is 0 Å². The third-order valence-corrected chi connectivity index (χ3v) is 7.84. The molecule has 0 heterocycles. The number of aryl methyl sites for hydroxylation is 1. The fourth-order valence-corrected chi connectivity index (χ4v) is 5.27. The number of carbonyl (C=O) groups excluding carboxylic acids is 2. The molecule has 0 radical (unpaired) electrons. The molecule has 4 nitrogen and oxygen atoms in total. The molecule has 0 amide bonds. The molecule has 40 heavy (non-hydrogen) atoms. The van der Waals surface area contributed by atoms with E-state index in [1.165, 1.54) is 103 Å². The van der Waals surface area contributed by atoms with Gasteiger partial charge in [-0.3, -0.25) is 0 Å². The van der Waals surface area contributed by atoms with Gasteiger partial charge in [0.15, 0.2) is 0 Å². The SMILES string of the molecule is CCCCCCCCCCCCOC(=O)c1cccc(CCCCCCCC)c1C(=O)OCCCCCCCC. The summed E-state index contributed by atoms with van der Waals surface area (Å²) in [4.78, 5) is 26.3. The first kappa shape index (κ1) is 36.2. The van der Waals surface area contributed by atoms with Gasteiger partial charge in [-0.2, -0.15) is 0 Å². The van der Waals surface area contributed by atoms with Crippen molar-refractivity contribution in [3.05, 3.63) is 34.9 Å². The van der Waals surface area contributed by atoms with Crippen LogP contribution in [0.25, 0.3) is 0 Å². The molecule has 0 unspecified atom stereocenters. The third kappa shape index (κ3) is 17.8. The Morgan fingerprint density at radius 1 is 0.500 bits per heavy atom. The van der Waals surface area contributed by atoms with E-state index in [0.29, 0.717) is 24.3 Å². The Balaban J connectivity index is 2.60.